The van der Waals surface area contributed by atoms with Crippen LogP contribution in [0.5, 0.6) is 0 Å². The molecule has 1 saturated carbocycles. The predicted octanol–water partition coefficient (Wildman–Crippen LogP) is 10.6. The van der Waals surface area contributed by atoms with Gasteiger partial charge in [-0.05, 0) is 11.1 Å². The maximum atomic E-state index is 2.18. The number of hydrogen-bond acceptors (Lipinski definition) is 0. The largest absolute Gasteiger partial charge is 0.168 e. The van der Waals surface area contributed by atoms with Crippen LogP contribution in [0.1, 0.15) is 25.7 Å². The van der Waals surface area contributed by atoms with Gasteiger partial charge in [0.15, 0.2) is 0 Å². The molecule has 1 aliphatic carbocycles. The predicted molar refractivity (Wildman–Crippen MR) is 168 cm³/mol. The third-order valence-corrected chi connectivity index (χ3v) is 8.53. The van der Waals surface area contributed by atoms with E-state index in [-0.39, 0.29) is 24.8 Å². The topological polar surface area (TPSA) is 0 Å². The second-order valence-corrected chi connectivity index (χ2v) is 11.8. The van der Waals surface area contributed by atoms with Crippen molar-refractivity contribution in [3.63, 3.8) is 0 Å². The summed E-state index contributed by atoms with van der Waals surface area (Å²) in [7, 11) is 0. The standard InChI is InChI=1S/2C15H11.C5H8.2ClH.Hf/c2*1-2-6-12(7-3-1)14-10-4-8-13-9-5-11-15(13)14;1-2-4-5-3-1;;;/h2*1-11H;1-4H2;2*1H;/q2*-1;;;;+2. The van der Waals surface area contributed by atoms with Crippen molar-refractivity contribution in [2.45, 2.75) is 25.7 Å². The maximum absolute atomic E-state index is 2.18. The molecule has 0 atom stereocenters. The summed E-state index contributed by atoms with van der Waals surface area (Å²) in [4.78, 5) is 0. The van der Waals surface area contributed by atoms with Crippen molar-refractivity contribution < 1.29 is 23.9 Å². The Balaban J connectivity index is 0.000000167. The Bertz CT molecular complexity index is 1430. The van der Waals surface area contributed by atoms with Gasteiger partial charge in [-0.2, -0.15) is 24.3 Å². The van der Waals surface area contributed by atoms with E-state index in [1.165, 1.54) is 93.4 Å². The van der Waals surface area contributed by atoms with E-state index in [1.807, 2.05) is 3.26 Å². The summed E-state index contributed by atoms with van der Waals surface area (Å²) in [6.45, 7) is 0. The van der Waals surface area contributed by atoms with Gasteiger partial charge in [0.2, 0.25) is 0 Å². The van der Waals surface area contributed by atoms with Crippen LogP contribution in [0.25, 0.3) is 43.8 Å². The Labute approximate surface area is 253 Å². The molecule has 0 unspecified atom stereocenters. The summed E-state index contributed by atoms with van der Waals surface area (Å²) in [6, 6.07) is 46.8. The van der Waals surface area contributed by atoms with Crippen molar-refractivity contribution in [3.05, 3.63) is 133 Å². The molecule has 0 heterocycles. The second-order valence-electron chi connectivity index (χ2n) is 9.21. The van der Waals surface area contributed by atoms with Gasteiger partial charge in [-0.1, -0.05) is 83.9 Å². The molecule has 0 aromatic heterocycles. The monoisotopic (exact) mass is 702 g/mol. The van der Waals surface area contributed by atoms with Gasteiger partial charge in [-0.15, -0.1) is 82.8 Å². The Hall–Kier alpha value is -2.58. The fourth-order valence-corrected chi connectivity index (χ4v) is 6.14. The fourth-order valence-electron chi connectivity index (χ4n) is 4.87. The molecule has 0 amide bonds. The van der Waals surface area contributed by atoms with Crippen LogP contribution in [-0.2, 0) is 23.9 Å². The van der Waals surface area contributed by atoms with Crippen LogP contribution >= 0.6 is 24.8 Å². The number of rotatable bonds is 2. The molecular formula is C35H32Cl2Hf. The molecule has 0 saturated heterocycles. The van der Waals surface area contributed by atoms with Gasteiger partial charge in [0.25, 0.3) is 0 Å². The third-order valence-electron chi connectivity index (χ3n) is 6.73. The average Bonchev–Trinajstić information content (AvgIpc) is 3.72. The van der Waals surface area contributed by atoms with E-state index in [0.29, 0.717) is 0 Å². The number of halogens is 2. The normalized spacial score (nSPS) is 12.0. The minimum absolute atomic E-state index is 0. The number of hydrogen-bond donors (Lipinski definition) is 0. The molecule has 0 spiro atoms. The van der Waals surface area contributed by atoms with Gasteiger partial charge in [-0.25, -0.2) is 0 Å². The number of fused-ring (bicyclic) bond motifs is 2. The van der Waals surface area contributed by atoms with E-state index in [1.54, 1.807) is 0 Å². The van der Waals surface area contributed by atoms with E-state index >= 15 is 0 Å². The van der Waals surface area contributed by atoms with Gasteiger partial charge in [0.1, 0.15) is 0 Å². The van der Waals surface area contributed by atoms with E-state index in [0.717, 1.165) is 0 Å². The number of benzene rings is 4. The molecule has 1 aliphatic rings. The Morgan fingerprint density at radius 1 is 0.474 bits per heavy atom. The van der Waals surface area contributed by atoms with Crippen LogP contribution in [0.15, 0.2) is 133 Å². The molecule has 0 N–H and O–H groups in total. The van der Waals surface area contributed by atoms with Gasteiger partial charge in [0.05, 0.1) is 0 Å². The van der Waals surface area contributed by atoms with E-state index in [9.17, 15) is 0 Å². The van der Waals surface area contributed by atoms with Gasteiger partial charge in [0, 0.05) is 0 Å². The molecule has 0 nitrogen and oxygen atoms in total. The molecule has 0 aliphatic heterocycles. The quantitative estimate of drug-likeness (QED) is 0.125. The zero-order chi connectivity index (χ0) is 24.6. The minimum atomic E-state index is 0. The van der Waals surface area contributed by atoms with Gasteiger partial charge in [-0.3, -0.25) is 0 Å². The third kappa shape index (κ3) is 7.50. The first kappa shape index (κ1) is 30.0. The molecular weight excluding hydrogens is 670 g/mol. The summed E-state index contributed by atoms with van der Waals surface area (Å²) in [6.07, 6.45) is 5.90. The first-order valence-corrected chi connectivity index (χ1v) is 14.6. The van der Waals surface area contributed by atoms with Crippen molar-refractivity contribution in [1.29, 1.82) is 0 Å². The minimum Gasteiger partial charge on any atom is -0.168 e. The van der Waals surface area contributed by atoms with Crippen molar-refractivity contribution in [2.24, 2.45) is 0 Å². The van der Waals surface area contributed by atoms with Crippen molar-refractivity contribution >= 4 is 49.6 Å². The van der Waals surface area contributed by atoms with E-state index < -0.39 is 0 Å². The maximum Gasteiger partial charge on any atom is -0.0279 e. The Kier molecular flexibility index (Phi) is 11.9. The van der Waals surface area contributed by atoms with Crippen LogP contribution in [0, 0.1) is 0 Å². The van der Waals surface area contributed by atoms with Crippen LogP contribution in [0.2, 0.25) is 0 Å². The molecule has 7 rings (SSSR count). The van der Waals surface area contributed by atoms with Gasteiger partial charge < -0.3 is 0 Å². The van der Waals surface area contributed by atoms with Crippen LogP contribution < -0.4 is 0 Å². The Morgan fingerprint density at radius 3 is 1.26 bits per heavy atom. The van der Waals surface area contributed by atoms with Gasteiger partial charge >= 0.3 is 52.8 Å². The van der Waals surface area contributed by atoms with Crippen LogP contribution in [-0.4, -0.2) is 3.26 Å². The summed E-state index contributed by atoms with van der Waals surface area (Å²) < 4.78 is 1.84. The fraction of sp³-hybridized carbons (Fsp3) is 0.114. The summed E-state index contributed by atoms with van der Waals surface area (Å²) in [5, 5.41) is 5.31. The summed E-state index contributed by atoms with van der Waals surface area (Å²) >= 11 is 1.37. The van der Waals surface area contributed by atoms with Crippen LogP contribution in [0.3, 0.4) is 0 Å². The van der Waals surface area contributed by atoms with E-state index in [2.05, 4.69) is 133 Å². The zero-order valence-corrected chi connectivity index (χ0v) is 26.6. The molecule has 38 heavy (non-hydrogen) atoms. The first-order valence-electron chi connectivity index (χ1n) is 12.8. The molecule has 6 aromatic rings. The average molecular weight is 702 g/mol. The van der Waals surface area contributed by atoms with E-state index in [4.69, 9.17) is 0 Å². The molecule has 6 aromatic carbocycles. The molecule has 3 heteroatoms. The second kappa shape index (κ2) is 15.1. The molecule has 0 bridgehead atoms. The summed E-state index contributed by atoms with van der Waals surface area (Å²) in [5.74, 6) is 0. The Morgan fingerprint density at radius 2 is 0.895 bits per heavy atom. The van der Waals surface area contributed by atoms with Crippen molar-refractivity contribution in [2.75, 3.05) is 0 Å². The molecule has 190 valence electrons. The van der Waals surface area contributed by atoms with Crippen molar-refractivity contribution in [1.82, 2.24) is 0 Å². The molecule has 1 fully saturated rings. The van der Waals surface area contributed by atoms with Crippen molar-refractivity contribution in [3.8, 4) is 22.3 Å². The zero-order valence-electron chi connectivity index (χ0n) is 21.3. The van der Waals surface area contributed by atoms with Crippen LogP contribution in [0.4, 0.5) is 0 Å². The SMILES string of the molecule is Cl.Cl.[Hf+2]=[C]1CCCC1.c1ccc(-c2cccc3[cH-]ccc23)cc1.c1ccc(-c2cccc3[cH-]ccc23)cc1. The first-order chi connectivity index (χ1) is 17.8. The molecule has 0 radical (unpaired) electrons. The smallest absolute Gasteiger partial charge is 0.0279 e. The summed E-state index contributed by atoms with van der Waals surface area (Å²) in [5.41, 5.74) is 5.21.